The molecular formula is C11H11NO2. The molecule has 0 saturated carbocycles. The van der Waals surface area contributed by atoms with Crippen LogP contribution in [0.2, 0.25) is 0 Å². The molecule has 0 radical (unpaired) electrons. The Morgan fingerprint density at radius 3 is 2.21 bits per heavy atom. The van der Waals surface area contributed by atoms with Crippen molar-refractivity contribution in [3.8, 4) is 6.07 Å². The van der Waals surface area contributed by atoms with E-state index in [1.165, 1.54) is 12.1 Å². The van der Waals surface area contributed by atoms with Gasteiger partial charge in [-0.2, -0.15) is 5.26 Å². The molecule has 1 N–H and O–H groups in total. The van der Waals surface area contributed by atoms with Crippen molar-refractivity contribution in [2.24, 2.45) is 0 Å². The molecule has 3 nitrogen and oxygen atoms in total. The summed E-state index contributed by atoms with van der Waals surface area (Å²) in [6.07, 6.45) is 0. The van der Waals surface area contributed by atoms with Gasteiger partial charge in [0.15, 0.2) is 0 Å². The smallest absolute Gasteiger partial charge is 0.335 e. The molecule has 0 aromatic heterocycles. The first-order valence-electron chi connectivity index (χ1n) is 4.22. The normalized spacial score (nSPS) is 10.6. The van der Waals surface area contributed by atoms with E-state index in [-0.39, 0.29) is 5.56 Å². The maximum absolute atomic E-state index is 10.6. The Kier molecular flexibility index (Phi) is 2.57. The van der Waals surface area contributed by atoms with Crippen molar-refractivity contribution in [3.63, 3.8) is 0 Å². The first-order chi connectivity index (χ1) is 6.47. The highest BCUT2D eigenvalue weighted by molar-refractivity contribution is 5.87. The number of carbonyl (C=O) groups is 1. The van der Waals surface area contributed by atoms with E-state index >= 15 is 0 Å². The number of nitrogens with zero attached hydrogens (tertiary/aromatic N) is 1. The van der Waals surface area contributed by atoms with Crippen molar-refractivity contribution >= 4 is 5.97 Å². The third kappa shape index (κ3) is 1.91. The Balaban J connectivity index is 3.07. The molecule has 14 heavy (non-hydrogen) atoms. The summed E-state index contributed by atoms with van der Waals surface area (Å²) in [6.45, 7) is 3.59. The van der Waals surface area contributed by atoms with E-state index in [0.717, 1.165) is 5.56 Å². The van der Waals surface area contributed by atoms with E-state index in [1.807, 2.05) is 0 Å². The highest BCUT2D eigenvalue weighted by Crippen LogP contribution is 2.22. The predicted molar refractivity (Wildman–Crippen MR) is 52.0 cm³/mol. The van der Waals surface area contributed by atoms with Gasteiger partial charge in [-0.25, -0.2) is 4.79 Å². The van der Waals surface area contributed by atoms with Crippen LogP contribution in [0.5, 0.6) is 0 Å². The maximum Gasteiger partial charge on any atom is 0.335 e. The molecule has 0 saturated heterocycles. The molecule has 3 heteroatoms. The lowest BCUT2D eigenvalue weighted by Gasteiger charge is -2.15. The molecule has 1 rings (SSSR count). The Bertz CT molecular complexity index is 385. The summed E-state index contributed by atoms with van der Waals surface area (Å²) < 4.78 is 0. The number of aromatic carboxylic acids is 1. The Labute approximate surface area is 82.6 Å². The van der Waals surface area contributed by atoms with Crippen LogP contribution in [0.3, 0.4) is 0 Å². The fourth-order valence-corrected chi connectivity index (χ4v) is 1.09. The average molecular weight is 189 g/mol. The van der Waals surface area contributed by atoms with Crippen molar-refractivity contribution in [1.29, 1.82) is 5.26 Å². The summed E-state index contributed by atoms with van der Waals surface area (Å²) in [4.78, 5) is 10.6. The first-order valence-corrected chi connectivity index (χ1v) is 4.22. The number of rotatable bonds is 2. The molecule has 0 aliphatic heterocycles. The Morgan fingerprint density at radius 2 is 1.86 bits per heavy atom. The molecule has 0 atom stereocenters. The zero-order valence-corrected chi connectivity index (χ0v) is 8.11. The summed E-state index contributed by atoms with van der Waals surface area (Å²) in [5.74, 6) is -0.952. The number of carboxylic acid groups (broad SMARTS) is 1. The van der Waals surface area contributed by atoms with Crippen molar-refractivity contribution in [1.82, 2.24) is 0 Å². The molecular weight excluding hydrogens is 178 g/mol. The van der Waals surface area contributed by atoms with E-state index in [1.54, 1.807) is 26.0 Å². The fourth-order valence-electron chi connectivity index (χ4n) is 1.09. The van der Waals surface area contributed by atoms with Crippen molar-refractivity contribution in [2.45, 2.75) is 19.3 Å². The van der Waals surface area contributed by atoms with Gasteiger partial charge in [0, 0.05) is 0 Å². The maximum atomic E-state index is 10.6. The molecule has 0 bridgehead atoms. The molecule has 0 spiro atoms. The zero-order valence-electron chi connectivity index (χ0n) is 8.11. The average Bonchev–Trinajstić information content (AvgIpc) is 2.18. The summed E-state index contributed by atoms with van der Waals surface area (Å²) in [7, 11) is 0. The van der Waals surface area contributed by atoms with Crippen molar-refractivity contribution < 1.29 is 9.90 Å². The van der Waals surface area contributed by atoms with Gasteiger partial charge in [-0.05, 0) is 31.5 Å². The SMILES string of the molecule is CC(C)(C#N)c1ccc(C(=O)O)cc1. The second-order valence-electron chi connectivity index (χ2n) is 3.62. The van der Waals surface area contributed by atoms with Gasteiger partial charge in [0.1, 0.15) is 0 Å². The molecule has 72 valence electrons. The molecule has 0 amide bonds. The van der Waals surface area contributed by atoms with Crippen LogP contribution in [0, 0.1) is 11.3 Å². The lowest BCUT2D eigenvalue weighted by atomic mass is 9.86. The Morgan fingerprint density at radius 1 is 1.36 bits per heavy atom. The van der Waals surface area contributed by atoms with Gasteiger partial charge in [-0.15, -0.1) is 0 Å². The van der Waals surface area contributed by atoms with Crippen LogP contribution in [-0.4, -0.2) is 11.1 Å². The molecule has 0 heterocycles. The minimum absolute atomic E-state index is 0.238. The van der Waals surface area contributed by atoms with Gasteiger partial charge in [0.05, 0.1) is 17.0 Å². The second-order valence-corrected chi connectivity index (χ2v) is 3.62. The van der Waals surface area contributed by atoms with Crippen LogP contribution in [0.4, 0.5) is 0 Å². The van der Waals surface area contributed by atoms with E-state index in [9.17, 15) is 4.79 Å². The number of hydrogen-bond donors (Lipinski definition) is 1. The quantitative estimate of drug-likeness (QED) is 0.775. The highest BCUT2D eigenvalue weighted by atomic mass is 16.4. The number of nitriles is 1. The van der Waals surface area contributed by atoms with E-state index in [0.29, 0.717) is 0 Å². The van der Waals surface area contributed by atoms with Gasteiger partial charge in [-0.3, -0.25) is 0 Å². The molecule has 0 aliphatic rings. The van der Waals surface area contributed by atoms with Crippen molar-refractivity contribution in [3.05, 3.63) is 35.4 Å². The third-order valence-electron chi connectivity index (χ3n) is 2.13. The summed E-state index contributed by atoms with van der Waals surface area (Å²) in [6, 6.07) is 8.53. The van der Waals surface area contributed by atoms with Crippen LogP contribution in [0.1, 0.15) is 29.8 Å². The third-order valence-corrected chi connectivity index (χ3v) is 2.13. The van der Waals surface area contributed by atoms with Gasteiger partial charge >= 0.3 is 5.97 Å². The lowest BCUT2D eigenvalue weighted by Crippen LogP contribution is -2.13. The van der Waals surface area contributed by atoms with Crippen LogP contribution in [0.15, 0.2) is 24.3 Å². The predicted octanol–water partition coefficient (Wildman–Crippen LogP) is 2.19. The molecule has 0 aliphatic carbocycles. The van der Waals surface area contributed by atoms with Gasteiger partial charge < -0.3 is 5.11 Å². The van der Waals surface area contributed by atoms with E-state index < -0.39 is 11.4 Å². The number of hydrogen-bond acceptors (Lipinski definition) is 2. The molecule has 0 fully saturated rings. The van der Waals surface area contributed by atoms with E-state index in [2.05, 4.69) is 6.07 Å². The van der Waals surface area contributed by atoms with Crippen molar-refractivity contribution in [2.75, 3.05) is 0 Å². The zero-order chi connectivity index (χ0) is 10.8. The van der Waals surface area contributed by atoms with Gasteiger partial charge in [0.2, 0.25) is 0 Å². The summed E-state index contributed by atoms with van der Waals surface area (Å²) in [5, 5.41) is 17.5. The number of benzene rings is 1. The van der Waals surface area contributed by atoms with Crippen LogP contribution >= 0.6 is 0 Å². The minimum atomic E-state index is -0.952. The van der Waals surface area contributed by atoms with Crippen LogP contribution < -0.4 is 0 Å². The molecule has 0 unspecified atom stereocenters. The van der Waals surface area contributed by atoms with Gasteiger partial charge in [-0.1, -0.05) is 12.1 Å². The highest BCUT2D eigenvalue weighted by Gasteiger charge is 2.19. The van der Waals surface area contributed by atoms with Gasteiger partial charge in [0.25, 0.3) is 0 Å². The first kappa shape index (κ1) is 10.3. The summed E-state index contributed by atoms with van der Waals surface area (Å²) in [5.41, 5.74) is 0.490. The number of carboxylic acids is 1. The molecule has 1 aromatic rings. The van der Waals surface area contributed by atoms with Crippen LogP contribution in [0.25, 0.3) is 0 Å². The molecule has 1 aromatic carbocycles. The monoisotopic (exact) mass is 189 g/mol. The standard InChI is InChI=1S/C11H11NO2/c1-11(2,7-12)9-5-3-8(4-6-9)10(13)14/h3-6H,1-2H3,(H,13,14). The largest absolute Gasteiger partial charge is 0.478 e. The topological polar surface area (TPSA) is 61.1 Å². The second kappa shape index (κ2) is 3.51. The summed E-state index contributed by atoms with van der Waals surface area (Å²) >= 11 is 0. The van der Waals surface area contributed by atoms with Crippen LogP contribution in [-0.2, 0) is 5.41 Å². The lowest BCUT2D eigenvalue weighted by molar-refractivity contribution is 0.0697. The van der Waals surface area contributed by atoms with E-state index in [4.69, 9.17) is 10.4 Å². The fraction of sp³-hybridized carbons (Fsp3) is 0.273. The Hall–Kier alpha value is -1.82. The minimum Gasteiger partial charge on any atom is -0.478 e.